The van der Waals surface area contributed by atoms with Gasteiger partial charge in [-0.05, 0) is 43.3 Å². The maximum Gasteiger partial charge on any atom is 0.354 e. The normalized spacial score (nSPS) is 11.0. The number of aromatic carboxylic acids is 1. The van der Waals surface area contributed by atoms with Crippen molar-refractivity contribution in [2.45, 2.75) is 6.92 Å². The summed E-state index contributed by atoms with van der Waals surface area (Å²) in [6.07, 6.45) is 4.72. The fourth-order valence-electron chi connectivity index (χ4n) is 3.41. The number of rotatable bonds is 4. The Labute approximate surface area is 176 Å². The molecule has 8 heteroatoms. The van der Waals surface area contributed by atoms with Crippen molar-refractivity contribution in [1.82, 2.24) is 29.9 Å². The monoisotopic (exact) mass is 408 g/mol. The highest BCUT2D eigenvalue weighted by Crippen LogP contribution is 2.30. The number of H-pyrrole nitrogens is 1. The summed E-state index contributed by atoms with van der Waals surface area (Å²) in [4.78, 5) is 36.3. The predicted octanol–water partition coefficient (Wildman–Crippen LogP) is 4.15. The number of fused-ring (bicyclic) bond motifs is 1. The Morgan fingerprint density at radius 2 is 1.84 bits per heavy atom. The number of hydrogen-bond acceptors (Lipinski definition) is 6. The van der Waals surface area contributed by atoms with Gasteiger partial charge in [0, 0.05) is 34.6 Å². The molecular formula is C23H16N6O2. The molecule has 4 aromatic heterocycles. The molecule has 31 heavy (non-hydrogen) atoms. The van der Waals surface area contributed by atoms with Crippen LogP contribution in [0, 0.1) is 6.92 Å². The van der Waals surface area contributed by atoms with Crippen LogP contribution in [0.3, 0.4) is 0 Å². The topological polar surface area (TPSA) is 118 Å². The smallest absolute Gasteiger partial charge is 0.354 e. The van der Waals surface area contributed by atoms with Crippen LogP contribution in [0.15, 0.2) is 67.3 Å². The minimum absolute atomic E-state index is 0.0642. The number of hydrogen-bond donors (Lipinski definition) is 2. The quantitative estimate of drug-likeness (QED) is 0.459. The van der Waals surface area contributed by atoms with Gasteiger partial charge in [0.2, 0.25) is 0 Å². The van der Waals surface area contributed by atoms with Crippen molar-refractivity contribution in [3.63, 3.8) is 0 Å². The van der Waals surface area contributed by atoms with Crippen molar-refractivity contribution in [3.8, 4) is 34.0 Å². The number of carboxylic acids is 1. The fourth-order valence-corrected chi connectivity index (χ4v) is 3.41. The standard InChI is InChI=1S/C23H16N6O2/c1-13-3-2-4-18(28-13)21-20(26-12-27-21)14-5-6-17-15(9-14)10-16(11-25-17)22-24-8-7-19(29-22)23(30)31/h2-12H,1H3,(H,26,27)(H,30,31). The van der Waals surface area contributed by atoms with Gasteiger partial charge in [-0.25, -0.2) is 19.7 Å². The van der Waals surface area contributed by atoms with E-state index in [0.717, 1.165) is 39.2 Å². The van der Waals surface area contributed by atoms with Gasteiger partial charge in [-0.3, -0.25) is 9.97 Å². The van der Waals surface area contributed by atoms with E-state index in [4.69, 9.17) is 0 Å². The second-order valence-electron chi connectivity index (χ2n) is 6.99. The summed E-state index contributed by atoms with van der Waals surface area (Å²) in [7, 11) is 0. The van der Waals surface area contributed by atoms with Crippen molar-refractivity contribution in [2.75, 3.05) is 0 Å². The number of pyridine rings is 2. The van der Waals surface area contributed by atoms with E-state index in [0.29, 0.717) is 11.4 Å². The number of benzene rings is 1. The minimum atomic E-state index is -1.10. The maximum atomic E-state index is 11.2. The SMILES string of the molecule is Cc1cccc(-c2[nH]cnc2-c2ccc3ncc(-c4nccc(C(=O)O)n4)cc3c2)n1. The molecule has 0 bridgehead atoms. The summed E-state index contributed by atoms with van der Waals surface area (Å²) in [6.45, 7) is 1.95. The zero-order chi connectivity index (χ0) is 21.4. The van der Waals surface area contributed by atoms with E-state index in [1.54, 1.807) is 12.5 Å². The van der Waals surface area contributed by atoms with Crippen molar-refractivity contribution in [3.05, 3.63) is 78.6 Å². The van der Waals surface area contributed by atoms with E-state index in [1.165, 1.54) is 12.3 Å². The van der Waals surface area contributed by atoms with Gasteiger partial charge >= 0.3 is 5.97 Å². The Morgan fingerprint density at radius 3 is 2.68 bits per heavy atom. The molecule has 0 unspecified atom stereocenters. The molecule has 0 aliphatic carbocycles. The molecule has 150 valence electrons. The summed E-state index contributed by atoms with van der Waals surface area (Å²) in [6, 6.07) is 15.0. The largest absolute Gasteiger partial charge is 0.477 e. The zero-order valence-electron chi connectivity index (χ0n) is 16.4. The average Bonchev–Trinajstić information content (AvgIpc) is 3.28. The number of aromatic nitrogens is 6. The number of aromatic amines is 1. The Hall–Kier alpha value is -4.46. The van der Waals surface area contributed by atoms with E-state index >= 15 is 0 Å². The Bertz CT molecular complexity index is 1440. The molecule has 0 saturated carbocycles. The van der Waals surface area contributed by atoms with E-state index in [-0.39, 0.29) is 5.69 Å². The zero-order valence-corrected chi connectivity index (χ0v) is 16.4. The molecule has 4 heterocycles. The predicted molar refractivity (Wildman–Crippen MR) is 115 cm³/mol. The molecule has 0 saturated heterocycles. The third-order valence-electron chi connectivity index (χ3n) is 4.87. The van der Waals surface area contributed by atoms with E-state index < -0.39 is 5.97 Å². The summed E-state index contributed by atoms with van der Waals surface area (Å²) < 4.78 is 0. The highest BCUT2D eigenvalue weighted by atomic mass is 16.4. The lowest BCUT2D eigenvalue weighted by Crippen LogP contribution is -2.02. The number of nitrogens with one attached hydrogen (secondary N) is 1. The van der Waals surface area contributed by atoms with Gasteiger partial charge in [0.15, 0.2) is 11.5 Å². The van der Waals surface area contributed by atoms with E-state index in [1.807, 2.05) is 49.4 Å². The molecule has 0 radical (unpaired) electrons. The molecule has 8 nitrogen and oxygen atoms in total. The lowest BCUT2D eigenvalue weighted by Gasteiger charge is -2.07. The van der Waals surface area contributed by atoms with Gasteiger partial charge in [-0.1, -0.05) is 12.1 Å². The fraction of sp³-hybridized carbons (Fsp3) is 0.0435. The van der Waals surface area contributed by atoms with Crippen LogP contribution in [0.1, 0.15) is 16.2 Å². The summed E-state index contributed by atoms with van der Waals surface area (Å²) in [5.74, 6) is -0.792. The van der Waals surface area contributed by atoms with Gasteiger partial charge in [0.05, 0.1) is 28.9 Å². The maximum absolute atomic E-state index is 11.2. The van der Waals surface area contributed by atoms with E-state index in [2.05, 4.69) is 29.9 Å². The Kier molecular flexibility index (Phi) is 4.44. The van der Waals surface area contributed by atoms with Gasteiger partial charge in [0.25, 0.3) is 0 Å². The van der Waals surface area contributed by atoms with Crippen LogP contribution in [-0.2, 0) is 0 Å². The van der Waals surface area contributed by atoms with Crippen LogP contribution in [-0.4, -0.2) is 41.0 Å². The molecule has 0 fully saturated rings. The van der Waals surface area contributed by atoms with Crippen LogP contribution in [0.2, 0.25) is 0 Å². The van der Waals surface area contributed by atoms with Gasteiger partial charge in [-0.15, -0.1) is 0 Å². The molecule has 0 aliphatic rings. The van der Waals surface area contributed by atoms with Crippen LogP contribution < -0.4 is 0 Å². The highest BCUT2D eigenvalue weighted by molar-refractivity contribution is 5.89. The third-order valence-corrected chi connectivity index (χ3v) is 4.87. The van der Waals surface area contributed by atoms with Gasteiger partial charge < -0.3 is 10.1 Å². The average molecular weight is 408 g/mol. The third kappa shape index (κ3) is 3.51. The summed E-state index contributed by atoms with van der Waals surface area (Å²) in [5.41, 5.74) is 5.64. The first-order valence-electron chi connectivity index (χ1n) is 9.53. The number of carbonyl (C=O) groups is 1. The minimum Gasteiger partial charge on any atom is -0.477 e. The number of carboxylic acid groups (broad SMARTS) is 1. The lowest BCUT2D eigenvalue weighted by atomic mass is 10.0. The van der Waals surface area contributed by atoms with Crippen molar-refractivity contribution < 1.29 is 9.90 Å². The van der Waals surface area contributed by atoms with Gasteiger partial charge in [0.1, 0.15) is 0 Å². The first-order chi connectivity index (χ1) is 15.1. The van der Waals surface area contributed by atoms with Crippen LogP contribution in [0.25, 0.3) is 44.9 Å². The second kappa shape index (κ2) is 7.42. The second-order valence-corrected chi connectivity index (χ2v) is 6.99. The molecule has 0 spiro atoms. The molecule has 0 amide bonds. The molecule has 2 N–H and O–H groups in total. The number of nitrogens with zero attached hydrogens (tertiary/aromatic N) is 5. The van der Waals surface area contributed by atoms with Crippen molar-refractivity contribution in [1.29, 1.82) is 0 Å². The van der Waals surface area contributed by atoms with Gasteiger partial charge in [-0.2, -0.15) is 0 Å². The molecule has 5 rings (SSSR count). The molecule has 5 aromatic rings. The molecule has 0 atom stereocenters. The van der Waals surface area contributed by atoms with E-state index in [9.17, 15) is 9.90 Å². The summed E-state index contributed by atoms with van der Waals surface area (Å²) >= 11 is 0. The molecule has 1 aromatic carbocycles. The van der Waals surface area contributed by atoms with Crippen molar-refractivity contribution in [2.24, 2.45) is 0 Å². The van der Waals surface area contributed by atoms with Crippen LogP contribution in [0.4, 0.5) is 0 Å². The molecular weight excluding hydrogens is 392 g/mol. The molecule has 0 aliphatic heterocycles. The van der Waals surface area contributed by atoms with Crippen LogP contribution >= 0.6 is 0 Å². The Morgan fingerprint density at radius 1 is 0.968 bits per heavy atom. The lowest BCUT2D eigenvalue weighted by molar-refractivity contribution is 0.0690. The first-order valence-corrected chi connectivity index (χ1v) is 9.53. The van der Waals surface area contributed by atoms with Crippen LogP contribution in [0.5, 0.6) is 0 Å². The number of aryl methyl sites for hydroxylation is 1. The van der Waals surface area contributed by atoms with Crippen molar-refractivity contribution >= 4 is 16.9 Å². The first kappa shape index (κ1) is 18.6. The summed E-state index contributed by atoms with van der Waals surface area (Å²) in [5, 5.41) is 10.1. The number of imidazole rings is 1. The Balaban J connectivity index is 1.59. The highest BCUT2D eigenvalue weighted by Gasteiger charge is 2.14.